The Morgan fingerprint density at radius 3 is 2.76 bits per heavy atom. The fraction of sp³-hybridized carbons (Fsp3) is 0.250. The van der Waals surface area contributed by atoms with Crippen molar-refractivity contribution >= 4 is 40.7 Å². The summed E-state index contributed by atoms with van der Waals surface area (Å²) in [5, 5.41) is 13.6. The van der Waals surface area contributed by atoms with Gasteiger partial charge in [-0.2, -0.15) is 5.10 Å². The summed E-state index contributed by atoms with van der Waals surface area (Å²) in [6.45, 7) is 6.95. The minimum Gasteiger partial charge on any atom is -0.339 e. The number of amides is 2. The van der Waals surface area contributed by atoms with Crippen molar-refractivity contribution in [1.29, 1.82) is 0 Å². The number of likely N-dealkylation sites (tertiary alicyclic amines) is 1. The van der Waals surface area contributed by atoms with Crippen molar-refractivity contribution in [2.75, 3.05) is 24.2 Å². The summed E-state index contributed by atoms with van der Waals surface area (Å²) in [6.07, 6.45) is 5.11. The summed E-state index contributed by atoms with van der Waals surface area (Å²) in [5.41, 5.74) is 3.74. The van der Waals surface area contributed by atoms with E-state index in [1.807, 2.05) is 48.2 Å². The van der Waals surface area contributed by atoms with Crippen molar-refractivity contribution in [3.63, 3.8) is 0 Å². The lowest BCUT2D eigenvalue weighted by Gasteiger charge is -2.31. The number of aromatic amines is 1. The lowest BCUT2D eigenvalue weighted by molar-refractivity contribution is 0.0708. The van der Waals surface area contributed by atoms with Crippen LogP contribution in [0.4, 0.5) is 5.82 Å². The van der Waals surface area contributed by atoms with Crippen LogP contribution in [0.5, 0.6) is 0 Å². The van der Waals surface area contributed by atoms with E-state index in [1.165, 1.54) is 23.1 Å². The molecule has 2 amide bonds. The molecule has 38 heavy (non-hydrogen) atoms. The van der Waals surface area contributed by atoms with E-state index in [1.54, 1.807) is 23.7 Å². The van der Waals surface area contributed by atoms with E-state index in [0.29, 0.717) is 35.9 Å². The van der Waals surface area contributed by atoms with Crippen molar-refractivity contribution in [1.82, 2.24) is 25.1 Å². The first-order chi connectivity index (χ1) is 18.5. The number of aromatic nitrogens is 4. The zero-order valence-corrected chi connectivity index (χ0v) is 22.6. The number of hydrogen-bond acceptors (Lipinski definition) is 7. The molecule has 10 heteroatoms. The van der Waals surface area contributed by atoms with E-state index < -0.39 is 0 Å². The first-order valence-corrected chi connectivity index (χ1v) is 14.3. The molecule has 1 fully saturated rings. The van der Waals surface area contributed by atoms with Gasteiger partial charge in [0.2, 0.25) is 0 Å². The van der Waals surface area contributed by atoms with Crippen molar-refractivity contribution < 1.29 is 9.59 Å². The molecule has 4 aromatic rings. The first-order valence-electron chi connectivity index (χ1n) is 12.4. The first kappa shape index (κ1) is 25.9. The predicted molar refractivity (Wildman–Crippen MR) is 152 cm³/mol. The largest absolute Gasteiger partial charge is 0.339 e. The quantitative estimate of drug-likeness (QED) is 0.215. The number of carbonyl (C=O) groups is 2. The number of nitrogens with one attached hydrogen (secondary N) is 2. The van der Waals surface area contributed by atoms with Crippen LogP contribution >= 0.6 is 23.1 Å². The Morgan fingerprint density at radius 2 is 2.00 bits per heavy atom. The summed E-state index contributed by atoms with van der Waals surface area (Å²) in [6, 6.07) is 13.5. The number of H-pyrrole nitrogens is 1. The number of benzene rings is 1. The molecule has 3 aromatic heterocycles. The van der Waals surface area contributed by atoms with Crippen LogP contribution in [-0.4, -0.2) is 55.7 Å². The van der Waals surface area contributed by atoms with Crippen molar-refractivity contribution in [2.24, 2.45) is 0 Å². The maximum Gasteiger partial charge on any atom is 0.276 e. The SMILES string of the molecule is C=CCSc1ncccc1C(=O)N1CCC(c2nc(C(=O)Nc3n[nH]c(C)c3-c3ccccc3)cs2)CC1. The van der Waals surface area contributed by atoms with E-state index in [4.69, 9.17) is 0 Å². The molecule has 194 valence electrons. The smallest absolute Gasteiger partial charge is 0.276 e. The molecule has 0 unspecified atom stereocenters. The molecule has 8 nitrogen and oxygen atoms in total. The van der Waals surface area contributed by atoms with Crippen LogP contribution in [0.3, 0.4) is 0 Å². The zero-order valence-electron chi connectivity index (χ0n) is 21.0. The van der Waals surface area contributed by atoms with Gasteiger partial charge >= 0.3 is 0 Å². The molecule has 0 atom stereocenters. The van der Waals surface area contributed by atoms with Crippen molar-refractivity contribution in [3.05, 3.63) is 88.7 Å². The minimum atomic E-state index is -0.287. The fourth-order valence-corrected chi connectivity index (χ4v) is 6.23. The van der Waals surface area contributed by atoms with Gasteiger partial charge in [0.15, 0.2) is 5.82 Å². The van der Waals surface area contributed by atoms with Crippen LogP contribution in [0.15, 0.2) is 71.7 Å². The van der Waals surface area contributed by atoms with E-state index in [0.717, 1.165) is 39.7 Å². The molecule has 0 spiro atoms. The molecular weight excluding hydrogens is 516 g/mol. The van der Waals surface area contributed by atoms with Gasteiger partial charge < -0.3 is 10.2 Å². The number of piperidine rings is 1. The van der Waals surface area contributed by atoms with Gasteiger partial charge in [-0.3, -0.25) is 14.7 Å². The van der Waals surface area contributed by atoms with E-state index in [2.05, 4.69) is 32.1 Å². The monoisotopic (exact) mass is 544 g/mol. The van der Waals surface area contributed by atoms with Crippen LogP contribution < -0.4 is 5.32 Å². The highest BCUT2D eigenvalue weighted by Crippen LogP contribution is 2.33. The van der Waals surface area contributed by atoms with Crippen LogP contribution in [0.2, 0.25) is 0 Å². The van der Waals surface area contributed by atoms with Crippen LogP contribution in [0, 0.1) is 6.92 Å². The molecule has 1 aliphatic rings. The van der Waals surface area contributed by atoms with Gasteiger partial charge in [-0.15, -0.1) is 29.7 Å². The van der Waals surface area contributed by atoms with Crippen LogP contribution in [-0.2, 0) is 0 Å². The Morgan fingerprint density at radius 1 is 1.21 bits per heavy atom. The third kappa shape index (κ3) is 5.56. The highest BCUT2D eigenvalue weighted by Gasteiger charge is 2.28. The molecule has 0 saturated carbocycles. The summed E-state index contributed by atoms with van der Waals surface area (Å²) in [5.74, 6) is 1.12. The van der Waals surface area contributed by atoms with Gasteiger partial charge in [0.1, 0.15) is 10.7 Å². The fourth-order valence-electron chi connectivity index (χ4n) is 4.53. The van der Waals surface area contributed by atoms with Crippen molar-refractivity contribution in [3.8, 4) is 11.1 Å². The van der Waals surface area contributed by atoms with Crippen molar-refractivity contribution in [2.45, 2.75) is 30.7 Å². The number of carbonyl (C=O) groups excluding carboxylic acids is 2. The van der Waals surface area contributed by atoms with E-state index >= 15 is 0 Å². The Kier molecular flexibility index (Phi) is 8.00. The van der Waals surface area contributed by atoms with Gasteiger partial charge in [0.25, 0.3) is 11.8 Å². The molecule has 0 radical (unpaired) electrons. The summed E-state index contributed by atoms with van der Waals surface area (Å²) < 4.78 is 0. The number of pyridine rings is 1. The molecule has 5 rings (SSSR count). The molecule has 4 heterocycles. The van der Waals surface area contributed by atoms with Gasteiger partial charge in [-0.05, 0) is 37.5 Å². The third-order valence-electron chi connectivity index (χ3n) is 6.47. The minimum absolute atomic E-state index is 0.00540. The third-order valence-corrected chi connectivity index (χ3v) is 8.48. The standard InChI is InChI=1S/C28H28N6O2S2/c1-3-16-37-27-21(10-7-13-29-27)28(36)34-14-11-20(12-15-34)26-30-22(17-38-26)25(35)31-24-23(18(2)32-33-24)19-8-5-4-6-9-19/h3-10,13,17,20H,1,11-12,14-16H2,2H3,(H2,31,32,33,35). The molecule has 1 aromatic carbocycles. The molecule has 0 bridgehead atoms. The maximum absolute atomic E-state index is 13.2. The summed E-state index contributed by atoms with van der Waals surface area (Å²) >= 11 is 3.01. The number of aryl methyl sites for hydroxylation is 1. The topological polar surface area (TPSA) is 104 Å². The van der Waals surface area contributed by atoms with Crippen LogP contribution in [0.1, 0.15) is 50.3 Å². The second-order valence-electron chi connectivity index (χ2n) is 8.99. The number of hydrogen-bond donors (Lipinski definition) is 2. The van der Waals surface area contributed by atoms with Gasteiger partial charge in [-0.1, -0.05) is 36.4 Å². The zero-order chi connectivity index (χ0) is 26.5. The van der Waals surface area contributed by atoms with Gasteiger partial charge in [0, 0.05) is 47.6 Å². The molecule has 2 N–H and O–H groups in total. The second-order valence-corrected chi connectivity index (χ2v) is 10.9. The molecule has 1 saturated heterocycles. The summed E-state index contributed by atoms with van der Waals surface area (Å²) in [4.78, 5) is 37.1. The second kappa shape index (κ2) is 11.7. The number of thioether (sulfide) groups is 1. The predicted octanol–water partition coefficient (Wildman–Crippen LogP) is 5.79. The number of nitrogens with zero attached hydrogens (tertiary/aromatic N) is 4. The van der Waals surface area contributed by atoms with Crippen LogP contribution in [0.25, 0.3) is 11.1 Å². The van der Waals surface area contributed by atoms with E-state index in [9.17, 15) is 9.59 Å². The maximum atomic E-state index is 13.2. The Balaban J connectivity index is 1.22. The summed E-state index contributed by atoms with van der Waals surface area (Å²) in [7, 11) is 0. The number of anilines is 1. The number of thiazole rings is 1. The Labute approximate surface area is 229 Å². The Bertz CT molecular complexity index is 1440. The number of rotatable bonds is 8. The highest BCUT2D eigenvalue weighted by molar-refractivity contribution is 7.99. The Hall–Kier alpha value is -3.76. The lowest BCUT2D eigenvalue weighted by atomic mass is 9.97. The molecule has 1 aliphatic heterocycles. The normalized spacial score (nSPS) is 13.9. The average molecular weight is 545 g/mol. The molecular formula is C28H28N6O2S2. The van der Waals surface area contributed by atoms with Gasteiger partial charge in [0.05, 0.1) is 10.6 Å². The van der Waals surface area contributed by atoms with E-state index in [-0.39, 0.29) is 17.7 Å². The average Bonchev–Trinajstić information content (AvgIpc) is 3.59. The van der Waals surface area contributed by atoms with Gasteiger partial charge in [-0.25, -0.2) is 9.97 Å². The highest BCUT2D eigenvalue weighted by atomic mass is 32.2. The molecule has 0 aliphatic carbocycles. The lowest BCUT2D eigenvalue weighted by Crippen LogP contribution is -2.38.